The highest BCUT2D eigenvalue weighted by atomic mass is 32.1. The molecule has 1 aliphatic rings. The molecule has 0 bridgehead atoms. The fourth-order valence-electron chi connectivity index (χ4n) is 4.23. The third kappa shape index (κ3) is 5.67. The number of ether oxygens (including phenoxy) is 1. The van der Waals surface area contributed by atoms with Gasteiger partial charge < -0.3 is 10.1 Å². The summed E-state index contributed by atoms with van der Waals surface area (Å²) in [4.78, 5) is 1.43. The Labute approximate surface area is 163 Å². The molecule has 1 saturated heterocycles. The van der Waals surface area contributed by atoms with Crippen molar-refractivity contribution in [3.05, 3.63) is 58.3 Å². The second-order valence-corrected chi connectivity index (χ2v) is 9.27. The van der Waals surface area contributed by atoms with E-state index < -0.39 is 0 Å². The van der Waals surface area contributed by atoms with E-state index in [1.165, 1.54) is 36.1 Å². The normalized spacial score (nSPS) is 22.0. The molecule has 2 nitrogen and oxygen atoms in total. The Hall–Kier alpha value is -1.16. The monoisotopic (exact) mass is 371 g/mol. The molecule has 0 radical (unpaired) electrons. The van der Waals surface area contributed by atoms with E-state index in [2.05, 4.69) is 73.9 Å². The molecule has 3 heteroatoms. The molecule has 1 fully saturated rings. The van der Waals surface area contributed by atoms with Gasteiger partial charge in [0.1, 0.15) is 0 Å². The Morgan fingerprint density at radius 1 is 1.19 bits per heavy atom. The van der Waals surface area contributed by atoms with Gasteiger partial charge in [-0.05, 0) is 81.8 Å². The van der Waals surface area contributed by atoms with Crippen molar-refractivity contribution < 1.29 is 4.74 Å². The van der Waals surface area contributed by atoms with Gasteiger partial charge in [-0.25, -0.2) is 0 Å². The van der Waals surface area contributed by atoms with Crippen molar-refractivity contribution in [2.45, 2.75) is 58.1 Å². The summed E-state index contributed by atoms with van der Waals surface area (Å²) in [6, 6.07) is 15.8. The third-order valence-electron chi connectivity index (χ3n) is 5.68. The van der Waals surface area contributed by atoms with Gasteiger partial charge >= 0.3 is 0 Å². The van der Waals surface area contributed by atoms with Gasteiger partial charge in [0.2, 0.25) is 0 Å². The minimum absolute atomic E-state index is 0.0234. The first-order valence-electron chi connectivity index (χ1n) is 9.98. The Morgan fingerprint density at radius 3 is 2.69 bits per heavy atom. The maximum absolute atomic E-state index is 5.97. The fourth-order valence-corrected chi connectivity index (χ4v) is 4.98. The first-order valence-corrected chi connectivity index (χ1v) is 10.9. The highest BCUT2D eigenvalue weighted by molar-refractivity contribution is 7.10. The predicted octanol–water partition coefficient (Wildman–Crippen LogP) is 5.85. The van der Waals surface area contributed by atoms with Gasteiger partial charge in [0.05, 0.1) is 5.60 Å². The van der Waals surface area contributed by atoms with Crippen molar-refractivity contribution in [2.24, 2.45) is 11.8 Å². The molecule has 0 aliphatic carbocycles. The number of thiophene rings is 1. The summed E-state index contributed by atoms with van der Waals surface area (Å²) in [5.41, 5.74) is 1.49. The van der Waals surface area contributed by atoms with Crippen molar-refractivity contribution in [3.63, 3.8) is 0 Å². The molecule has 1 aliphatic heterocycles. The van der Waals surface area contributed by atoms with Gasteiger partial charge in [0.25, 0.3) is 0 Å². The molecule has 26 heavy (non-hydrogen) atoms. The van der Waals surface area contributed by atoms with E-state index in [4.69, 9.17) is 4.74 Å². The van der Waals surface area contributed by atoms with Crippen molar-refractivity contribution in [1.82, 2.24) is 5.32 Å². The third-order valence-corrected chi connectivity index (χ3v) is 6.73. The Morgan fingerprint density at radius 2 is 2.00 bits per heavy atom. The quantitative estimate of drug-likeness (QED) is 0.628. The topological polar surface area (TPSA) is 21.3 Å². The summed E-state index contributed by atoms with van der Waals surface area (Å²) in [7, 11) is 0. The van der Waals surface area contributed by atoms with Crippen LogP contribution < -0.4 is 5.32 Å². The average Bonchev–Trinajstić information content (AvgIpc) is 3.15. The maximum atomic E-state index is 5.97. The number of hydrogen-bond donors (Lipinski definition) is 1. The van der Waals surface area contributed by atoms with Gasteiger partial charge in [-0.15, -0.1) is 11.3 Å². The van der Waals surface area contributed by atoms with Crippen LogP contribution in [0.1, 0.15) is 56.5 Å². The second kappa shape index (κ2) is 9.16. The van der Waals surface area contributed by atoms with E-state index in [0.717, 1.165) is 19.1 Å². The molecule has 1 N–H and O–H groups in total. The zero-order valence-electron chi connectivity index (χ0n) is 16.4. The summed E-state index contributed by atoms with van der Waals surface area (Å²) in [5.74, 6) is 1.46. The van der Waals surface area contributed by atoms with E-state index in [1.807, 2.05) is 11.3 Å². The van der Waals surface area contributed by atoms with Gasteiger partial charge in [-0.3, -0.25) is 0 Å². The van der Waals surface area contributed by atoms with E-state index in [0.29, 0.717) is 12.0 Å². The molecular weight excluding hydrogens is 338 g/mol. The van der Waals surface area contributed by atoms with Gasteiger partial charge in [0.15, 0.2) is 0 Å². The summed E-state index contributed by atoms with van der Waals surface area (Å²) >= 11 is 1.84. The average molecular weight is 372 g/mol. The minimum Gasteiger partial charge on any atom is -0.376 e. The lowest BCUT2D eigenvalue weighted by atomic mass is 9.75. The van der Waals surface area contributed by atoms with Gasteiger partial charge in [0, 0.05) is 17.5 Å². The maximum Gasteiger partial charge on any atom is 0.0629 e. The molecule has 2 aromatic rings. The molecule has 3 rings (SSSR count). The lowest BCUT2D eigenvalue weighted by Gasteiger charge is -2.39. The highest BCUT2D eigenvalue weighted by Crippen LogP contribution is 2.36. The first kappa shape index (κ1) is 19.6. The molecule has 1 aromatic carbocycles. The molecule has 142 valence electrons. The highest BCUT2D eigenvalue weighted by Gasteiger charge is 2.33. The zero-order chi connectivity index (χ0) is 18.4. The largest absolute Gasteiger partial charge is 0.376 e. The van der Waals surface area contributed by atoms with Crippen LogP contribution in [0.25, 0.3) is 0 Å². The van der Waals surface area contributed by atoms with E-state index in [1.54, 1.807) is 0 Å². The lowest BCUT2D eigenvalue weighted by molar-refractivity contribution is -0.0830. The molecule has 0 spiro atoms. The Kier molecular flexibility index (Phi) is 6.91. The van der Waals surface area contributed by atoms with Crippen LogP contribution in [0, 0.1) is 11.8 Å². The van der Waals surface area contributed by atoms with Crippen molar-refractivity contribution in [3.8, 4) is 0 Å². The van der Waals surface area contributed by atoms with Crippen molar-refractivity contribution in [1.29, 1.82) is 0 Å². The summed E-state index contributed by atoms with van der Waals surface area (Å²) in [6.07, 6.45) is 4.77. The van der Waals surface area contributed by atoms with Crippen LogP contribution in [0.4, 0.5) is 0 Å². The number of rotatable bonds is 8. The predicted molar refractivity (Wildman–Crippen MR) is 112 cm³/mol. The smallest absolute Gasteiger partial charge is 0.0629 e. The van der Waals surface area contributed by atoms with Gasteiger partial charge in [-0.2, -0.15) is 0 Å². The summed E-state index contributed by atoms with van der Waals surface area (Å²) in [6.45, 7) is 8.75. The van der Waals surface area contributed by atoms with Crippen LogP contribution in [0.2, 0.25) is 0 Å². The zero-order valence-corrected chi connectivity index (χ0v) is 17.2. The van der Waals surface area contributed by atoms with E-state index in [-0.39, 0.29) is 5.60 Å². The molecule has 2 heterocycles. The Bertz CT molecular complexity index is 637. The van der Waals surface area contributed by atoms with Gasteiger partial charge in [-0.1, -0.05) is 36.4 Å². The summed E-state index contributed by atoms with van der Waals surface area (Å²) < 4.78 is 5.97. The number of benzene rings is 1. The van der Waals surface area contributed by atoms with Crippen LogP contribution in [0.3, 0.4) is 0 Å². The van der Waals surface area contributed by atoms with Crippen LogP contribution in [0.5, 0.6) is 0 Å². The standard InChI is InChI=1S/C23H33NOS/c1-18(22-10-7-15-26-22)24-13-11-20(16-19-8-5-4-6-9-19)21-12-14-25-23(2,3)17-21/h4-10,15,18,20-21,24H,11-14,16-17H2,1-3H3/t18-,20+,21+/m0/s1. The number of hydrogen-bond acceptors (Lipinski definition) is 3. The molecule has 3 atom stereocenters. The molecule has 1 aromatic heterocycles. The minimum atomic E-state index is 0.0234. The van der Waals surface area contributed by atoms with Crippen LogP contribution in [0.15, 0.2) is 47.8 Å². The summed E-state index contributed by atoms with van der Waals surface area (Å²) in [5, 5.41) is 5.90. The lowest BCUT2D eigenvalue weighted by Crippen LogP contribution is -2.38. The molecular formula is C23H33NOS. The van der Waals surface area contributed by atoms with Crippen molar-refractivity contribution >= 4 is 11.3 Å². The molecule has 0 unspecified atom stereocenters. The second-order valence-electron chi connectivity index (χ2n) is 8.29. The van der Waals surface area contributed by atoms with E-state index >= 15 is 0 Å². The number of nitrogens with one attached hydrogen (secondary N) is 1. The van der Waals surface area contributed by atoms with E-state index in [9.17, 15) is 0 Å². The van der Waals surface area contributed by atoms with Crippen molar-refractivity contribution in [2.75, 3.05) is 13.2 Å². The van der Waals surface area contributed by atoms with Crippen LogP contribution in [-0.2, 0) is 11.2 Å². The van der Waals surface area contributed by atoms with Crippen LogP contribution >= 0.6 is 11.3 Å². The molecule has 0 amide bonds. The SMILES string of the molecule is C[C@H](NCC[C@H](Cc1ccccc1)[C@@H]1CCOC(C)(C)C1)c1cccs1. The Balaban J connectivity index is 1.60. The first-order chi connectivity index (χ1) is 12.5. The fraction of sp³-hybridized carbons (Fsp3) is 0.565. The van der Waals surface area contributed by atoms with Crippen LogP contribution in [-0.4, -0.2) is 18.8 Å². The molecule has 0 saturated carbocycles.